The summed E-state index contributed by atoms with van der Waals surface area (Å²) in [5, 5.41) is 4.12. The van der Waals surface area contributed by atoms with E-state index in [4.69, 9.17) is 15.7 Å². The van der Waals surface area contributed by atoms with E-state index >= 15 is 0 Å². The number of aromatic nitrogens is 6. The smallest absolute Gasteiger partial charge is 0.165 e. The summed E-state index contributed by atoms with van der Waals surface area (Å²) in [6.07, 6.45) is 5.46. The van der Waals surface area contributed by atoms with Crippen LogP contribution in [0.15, 0.2) is 78.0 Å². The van der Waals surface area contributed by atoms with E-state index in [0.717, 1.165) is 71.7 Å². The highest BCUT2D eigenvalue weighted by Gasteiger charge is 2.23. The number of imidazole rings is 1. The van der Waals surface area contributed by atoms with Crippen LogP contribution in [0.25, 0.3) is 44.7 Å². The van der Waals surface area contributed by atoms with Gasteiger partial charge in [-0.25, -0.2) is 24.9 Å². The molecule has 38 heavy (non-hydrogen) atoms. The summed E-state index contributed by atoms with van der Waals surface area (Å²) in [6.45, 7) is 2.96. The summed E-state index contributed by atoms with van der Waals surface area (Å²) in [7, 11) is 0. The number of hydrogen-bond acceptors (Lipinski definition) is 8. The number of nitrogen functional groups attached to an aromatic ring is 1. The third-order valence-electron chi connectivity index (χ3n) is 7.33. The number of fused-ring (bicyclic) bond motifs is 2. The maximum Gasteiger partial charge on any atom is 0.165 e. The lowest BCUT2D eigenvalue weighted by Crippen LogP contribution is -2.34. The normalized spacial score (nSPS) is 14.9. The number of piperidine rings is 1. The standard InChI is InChI=1S/C29H26N8S/c30-28-27-29(32-17-31-28)37(18-33-27)22-10-12-36(13-11-22)14-19-6-8-21(9-7-19)26-25(20-4-2-1-3-5-20)34-23-15-38-16-24(23)35-26/h1-9,15-18,22H,10-14H2,(H2,30,31,32). The Hall–Kier alpha value is -4.21. The van der Waals surface area contributed by atoms with Gasteiger partial charge in [-0.1, -0.05) is 54.6 Å². The van der Waals surface area contributed by atoms with Gasteiger partial charge in [-0.05, 0) is 18.4 Å². The van der Waals surface area contributed by atoms with Crippen molar-refractivity contribution in [3.05, 3.63) is 83.6 Å². The molecule has 8 nitrogen and oxygen atoms in total. The number of thiophene rings is 1. The second kappa shape index (κ2) is 9.59. The number of hydrogen-bond donors (Lipinski definition) is 1. The second-order valence-corrected chi connectivity index (χ2v) is 10.5. The minimum atomic E-state index is 0.370. The molecule has 1 aliphatic rings. The molecule has 0 spiro atoms. The lowest BCUT2D eigenvalue weighted by atomic mass is 10.0. The number of likely N-dealkylation sites (tertiary alicyclic amines) is 1. The Bertz CT molecular complexity index is 1720. The molecule has 9 heteroatoms. The summed E-state index contributed by atoms with van der Waals surface area (Å²) in [4.78, 5) is 25.4. The molecule has 0 atom stereocenters. The van der Waals surface area contributed by atoms with Gasteiger partial charge in [0, 0.05) is 47.6 Å². The van der Waals surface area contributed by atoms with Gasteiger partial charge in [0.05, 0.1) is 17.7 Å². The Morgan fingerprint density at radius 2 is 1.50 bits per heavy atom. The molecule has 5 heterocycles. The molecule has 0 amide bonds. The van der Waals surface area contributed by atoms with Crippen molar-refractivity contribution in [3.8, 4) is 22.5 Å². The van der Waals surface area contributed by atoms with E-state index in [0.29, 0.717) is 17.4 Å². The van der Waals surface area contributed by atoms with Crippen LogP contribution in [0.4, 0.5) is 5.82 Å². The van der Waals surface area contributed by atoms with Crippen LogP contribution < -0.4 is 5.73 Å². The van der Waals surface area contributed by atoms with Gasteiger partial charge in [-0.3, -0.25) is 4.90 Å². The van der Waals surface area contributed by atoms with Crippen molar-refractivity contribution in [1.82, 2.24) is 34.4 Å². The van der Waals surface area contributed by atoms with Crippen LogP contribution in [0.5, 0.6) is 0 Å². The van der Waals surface area contributed by atoms with Crippen molar-refractivity contribution in [2.75, 3.05) is 18.8 Å². The summed E-state index contributed by atoms with van der Waals surface area (Å²) in [5.41, 5.74) is 14.7. The molecular weight excluding hydrogens is 492 g/mol. The molecule has 0 aliphatic carbocycles. The SMILES string of the molecule is Nc1ncnc2c1ncn2C1CCN(Cc2ccc(-c3nc4cscc4nc3-c3ccccc3)cc2)CC1. The molecular formula is C29H26N8S. The van der Waals surface area contributed by atoms with Gasteiger partial charge in [0.25, 0.3) is 0 Å². The molecule has 2 N–H and O–H groups in total. The highest BCUT2D eigenvalue weighted by atomic mass is 32.1. The fourth-order valence-electron chi connectivity index (χ4n) is 5.32. The Morgan fingerprint density at radius 3 is 2.21 bits per heavy atom. The first-order valence-electron chi connectivity index (χ1n) is 12.8. The van der Waals surface area contributed by atoms with Gasteiger partial charge in [-0.2, -0.15) is 0 Å². The van der Waals surface area contributed by atoms with E-state index in [2.05, 4.69) is 71.6 Å². The first-order valence-corrected chi connectivity index (χ1v) is 13.7. The quantitative estimate of drug-likeness (QED) is 0.318. The highest BCUT2D eigenvalue weighted by molar-refractivity contribution is 7.09. The van der Waals surface area contributed by atoms with Crippen LogP contribution in [-0.4, -0.2) is 47.5 Å². The van der Waals surface area contributed by atoms with Crippen LogP contribution in [0, 0.1) is 0 Å². The van der Waals surface area contributed by atoms with Crippen molar-refractivity contribution < 1.29 is 0 Å². The van der Waals surface area contributed by atoms with Crippen LogP contribution >= 0.6 is 11.3 Å². The number of benzene rings is 2. The highest BCUT2D eigenvalue weighted by Crippen LogP contribution is 2.32. The maximum absolute atomic E-state index is 5.97. The van der Waals surface area contributed by atoms with Gasteiger partial charge in [0.15, 0.2) is 11.5 Å². The zero-order valence-corrected chi connectivity index (χ0v) is 21.6. The fourth-order valence-corrected chi connectivity index (χ4v) is 5.99. The van der Waals surface area contributed by atoms with Crippen LogP contribution in [0.2, 0.25) is 0 Å². The van der Waals surface area contributed by atoms with E-state index in [-0.39, 0.29) is 0 Å². The Morgan fingerprint density at radius 1 is 0.816 bits per heavy atom. The molecule has 188 valence electrons. The Kier molecular flexibility index (Phi) is 5.79. The van der Waals surface area contributed by atoms with Gasteiger partial charge >= 0.3 is 0 Å². The number of nitrogens with zero attached hydrogens (tertiary/aromatic N) is 7. The van der Waals surface area contributed by atoms with E-state index in [1.54, 1.807) is 11.3 Å². The zero-order chi connectivity index (χ0) is 25.5. The number of nitrogens with two attached hydrogens (primary N) is 1. The molecule has 1 fully saturated rings. The van der Waals surface area contributed by atoms with E-state index < -0.39 is 0 Å². The molecule has 1 aliphatic heterocycles. The van der Waals surface area contributed by atoms with Crippen LogP contribution in [-0.2, 0) is 6.54 Å². The van der Waals surface area contributed by atoms with Crippen LogP contribution in [0.3, 0.4) is 0 Å². The molecule has 4 aromatic heterocycles. The molecule has 0 bridgehead atoms. The van der Waals surface area contributed by atoms with E-state index in [9.17, 15) is 0 Å². The first kappa shape index (κ1) is 22.9. The molecule has 0 radical (unpaired) electrons. The van der Waals surface area contributed by atoms with E-state index in [1.165, 1.54) is 11.9 Å². The monoisotopic (exact) mass is 518 g/mol. The third-order valence-corrected chi connectivity index (χ3v) is 8.05. The van der Waals surface area contributed by atoms with Gasteiger partial charge < -0.3 is 10.3 Å². The molecule has 0 unspecified atom stereocenters. The maximum atomic E-state index is 5.97. The molecule has 0 saturated carbocycles. The van der Waals surface area contributed by atoms with Gasteiger partial charge in [-0.15, -0.1) is 11.3 Å². The summed E-state index contributed by atoms with van der Waals surface area (Å²) < 4.78 is 2.16. The molecule has 1 saturated heterocycles. The first-order chi connectivity index (χ1) is 18.7. The van der Waals surface area contributed by atoms with Crippen LogP contribution in [0.1, 0.15) is 24.4 Å². The lowest BCUT2D eigenvalue weighted by Gasteiger charge is -2.32. The molecule has 7 rings (SSSR count). The number of rotatable bonds is 5. The van der Waals surface area contributed by atoms with Gasteiger partial charge in [0.2, 0.25) is 0 Å². The fraction of sp³-hybridized carbons (Fsp3) is 0.207. The molecule has 2 aromatic carbocycles. The average molecular weight is 519 g/mol. The topological polar surface area (TPSA) is 98.6 Å². The summed E-state index contributed by atoms with van der Waals surface area (Å²) >= 11 is 1.64. The van der Waals surface area contributed by atoms with Crippen molar-refractivity contribution in [2.24, 2.45) is 0 Å². The summed E-state index contributed by atoms with van der Waals surface area (Å²) in [6, 6.07) is 19.5. The van der Waals surface area contributed by atoms with Gasteiger partial charge in [0.1, 0.15) is 22.9 Å². The Balaban J connectivity index is 1.08. The summed E-state index contributed by atoms with van der Waals surface area (Å²) in [5.74, 6) is 0.437. The zero-order valence-electron chi connectivity index (χ0n) is 20.7. The van der Waals surface area contributed by atoms with Crippen molar-refractivity contribution in [2.45, 2.75) is 25.4 Å². The third kappa shape index (κ3) is 4.19. The minimum absolute atomic E-state index is 0.370. The van der Waals surface area contributed by atoms with Crippen molar-refractivity contribution in [3.63, 3.8) is 0 Å². The number of anilines is 1. The minimum Gasteiger partial charge on any atom is -0.382 e. The van der Waals surface area contributed by atoms with E-state index in [1.807, 2.05) is 24.5 Å². The lowest BCUT2D eigenvalue weighted by molar-refractivity contribution is 0.181. The predicted octanol–water partition coefficient (Wildman–Crippen LogP) is 5.58. The largest absolute Gasteiger partial charge is 0.382 e. The Labute approximate surface area is 223 Å². The average Bonchev–Trinajstić information content (AvgIpc) is 3.61. The second-order valence-electron chi connectivity index (χ2n) is 9.72. The molecule has 6 aromatic rings. The van der Waals surface area contributed by atoms with Crippen molar-refractivity contribution >= 4 is 39.4 Å². The predicted molar refractivity (Wildman–Crippen MR) is 152 cm³/mol. The van der Waals surface area contributed by atoms with Crippen molar-refractivity contribution in [1.29, 1.82) is 0 Å².